The van der Waals surface area contributed by atoms with Crippen molar-refractivity contribution >= 4 is 11.7 Å². The fraction of sp³-hybridized carbons (Fsp3) is 0.520. The van der Waals surface area contributed by atoms with E-state index < -0.39 is 5.92 Å². The summed E-state index contributed by atoms with van der Waals surface area (Å²) in [6.45, 7) is 5.73. The summed E-state index contributed by atoms with van der Waals surface area (Å²) in [5.41, 5.74) is 5.58. The largest absolute Gasteiger partial charge is 0.356 e. The highest BCUT2D eigenvalue weighted by molar-refractivity contribution is 5.94. The lowest BCUT2D eigenvalue weighted by molar-refractivity contribution is 0.00172. The first-order valence-corrected chi connectivity index (χ1v) is 12.2. The second-order valence-electron chi connectivity index (χ2n) is 10.3. The number of halogens is 2. The van der Waals surface area contributed by atoms with E-state index in [1.165, 1.54) is 5.56 Å². The molecule has 8 nitrogen and oxygen atoms in total. The average Bonchev–Trinajstić information content (AvgIpc) is 3.59. The lowest BCUT2D eigenvalue weighted by Gasteiger charge is -2.21. The summed E-state index contributed by atoms with van der Waals surface area (Å²) in [4.78, 5) is 19.7. The first kappa shape index (κ1) is 22.2. The molecule has 3 atom stereocenters. The third-order valence-corrected chi connectivity index (χ3v) is 7.85. The van der Waals surface area contributed by atoms with Crippen molar-refractivity contribution in [1.29, 1.82) is 0 Å². The maximum absolute atomic E-state index is 13.7. The summed E-state index contributed by atoms with van der Waals surface area (Å²) in [5.74, 6) is -1.73. The van der Waals surface area contributed by atoms with Crippen molar-refractivity contribution in [3.63, 3.8) is 0 Å². The van der Waals surface area contributed by atoms with Crippen LogP contribution in [0.5, 0.6) is 0 Å². The number of carbonyl (C=O) groups is 1. The standard InChI is InChI=1S/C25H29F2N7O/c1-14-16(3-6-22(29-14)33-10-17-7-25(26,27)8-18(17)11-33)12-34-13-19(9-28-34)24(35)30-21-5-4-20-15(2)31-32-23(20)21/h3,6,9,13,17-18,21H,4-5,7-8,10-12H2,1-2H3,(H,30,35)(H,31,32)/t17-,18+,21-/m1/s1. The fourth-order valence-electron chi connectivity index (χ4n) is 5.98. The van der Waals surface area contributed by atoms with Gasteiger partial charge in [-0.2, -0.15) is 10.2 Å². The van der Waals surface area contributed by atoms with Crippen molar-refractivity contribution in [2.45, 2.75) is 58.0 Å². The maximum atomic E-state index is 13.7. The van der Waals surface area contributed by atoms with Crippen LogP contribution in [0.3, 0.4) is 0 Å². The molecule has 2 aliphatic carbocycles. The summed E-state index contributed by atoms with van der Waals surface area (Å²) in [7, 11) is 0. The van der Waals surface area contributed by atoms with Gasteiger partial charge in [-0.05, 0) is 55.7 Å². The van der Waals surface area contributed by atoms with Crippen molar-refractivity contribution in [1.82, 2.24) is 30.3 Å². The van der Waals surface area contributed by atoms with Gasteiger partial charge in [0, 0.05) is 43.5 Å². The normalized spacial score (nSPS) is 24.6. The summed E-state index contributed by atoms with van der Waals surface area (Å²) in [6, 6.07) is 3.89. The number of aromatic amines is 1. The van der Waals surface area contributed by atoms with Crippen molar-refractivity contribution in [3.8, 4) is 0 Å². The van der Waals surface area contributed by atoms with Crippen LogP contribution in [0.1, 0.15) is 63.9 Å². The molecule has 0 bridgehead atoms. The van der Waals surface area contributed by atoms with Crippen molar-refractivity contribution in [2.24, 2.45) is 11.8 Å². The van der Waals surface area contributed by atoms with Crippen LogP contribution in [0, 0.1) is 25.7 Å². The minimum Gasteiger partial charge on any atom is -0.356 e. The topological polar surface area (TPSA) is 91.7 Å². The lowest BCUT2D eigenvalue weighted by atomic mass is 10.0. The van der Waals surface area contributed by atoms with E-state index in [1.54, 1.807) is 17.1 Å². The molecular formula is C25H29F2N7O. The Morgan fingerprint density at radius 2 is 2.00 bits per heavy atom. The van der Waals surface area contributed by atoms with Crippen molar-refractivity contribution in [2.75, 3.05) is 18.0 Å². The van der Waals surface area contributed by atoms with Gasteiger partial charge >= 0.3 is 0 Å². The Hall–Kier alpha value is -3.30. The second-order valence-corrected chi connectivity index (χ2v) is 10.3. The Kier molecular flexibility index (Phi) is 5.16. The number of fused-ring (bicyclic) bond motifs is 2. The molecule has 35 heavy (non-hydrogen) atoms. The Balaban J connectivity index is 1.09. The third kappa shape index (κ3) is 4.08. The van der Waals surface area contributed by atoms with E-state index in [0.29, 0.717) is 25.2 Å². The Bertz CT molecular complexity index is 1270. The zero-order valence-corrected chi connectivity index (χ0v) is 19.9. The van der Waals surface area contributed by atoms with Crippen LogP contribution in [0.2, 0.25) is 0 Å². The van der Waals surface area contributed by atoms with Gasteiger partial charge in [0.25, 0.3) is 5.91 Å². The number of nitrogens with one attached hydrogen (secondary N) is 2. The number of hydrogen-bond donors (Lipinski definition) is 2. The number of aromatic nitrogens is 5. The predicted octanol–water partition coefficient (Wildman–Crippen LogP) is 3.57. The van der Waals surface area contributed by atoms with Gasteiger partial charge in [-0.1, -0.05) is 6.07 Å². The second kappa shape index (κ2) is 8.13. The quantitative estimate of drug-likeness (QED) is 0.582. The molecule has 4 heterocycles. The van der Waals surface area contributed by atoms with E-state index in [-0.39, 0.29) is 36.6 Å². The van der Waals surface area contributed by atoms with Crippen LogP contribution in [0.25, 0.3) is 0 Å². The molecule has 184 valence electrons. The predicted molar refractivity (Wildman–Crippen MR) is 126 cm³/mol. The zero-order valence-electron chi connectivity index (χ0n) is 19.9. The van der Waals surface area contributed by atoms with E-state index in [4.69, 9.17) is 4.98 Å². The number of amides is 1. The van der Waals surface area contributed by atoms with Gasteiger partial charge in [-0.25, -0.2) is 13.8 Å². The number of H-pyrrole nitrogens is 1. The van der Waals surface area contributed by atoms with Gasteiger partial charge in [-0.3, -0.25) is 14.6 Å². The summed E-state index contributed by atoms with van der Waals surface area (Å²) in [6.07, 6.45) is 5.07. The number of carbonyl (C=O) groups excluding carboxylic acids is 1. The van der Waals surface area contributed by atoms with Crippen molar-refractivity contribution in [3.05, 3.63) is 58.3 Å². The molecule has 6 rings (SSSR count). The van der Waals surface area contributed by atoms with Gasteiger partial charge in [0.05, 0.1) is 30.0 Å². The number of pyridine rings is 1. The zero-order chi connectivity index (χ0) is 24.3. The molecule has 1 aliphatic heterocycles. The molecule has 10 heteroatoms. The van der Waals surface area contributed by atoms with Crippen molar-refractivity contribution < 1.29 is 13.6 Å². The Labute approximate surface area is 202 Å². The molecule has 0 radical (unpaired) electrons. The number of rotatable bonds is 5. The van der Waals surface area contributed by atoms with Gasteiger partial charge in [0.2, 0.25) is 5.92 Å². The molecule has 3 aromatic rings. The summed E-state index contributed by atoms with van der Waals surface area (Å²) >= 11 is 0. The van der Waals surface area contributed by atoms with Gasteiger partial charge in [-0.15, -0.1) is 0 Å². The van der Waals surface area contributed by atoms with Crippen LogP contribution in [0.4, 0.5) is 14.6 Å². The third-order valence-electron chi connectivity index (χ3n) is 7.85. The maximum Gasteiger partial charge on any atom is 0.255 e. The molecule has 1 saturated carbocycles. The van der Waals surface area contributed by atoms with Crippen LogP contribution in [-0.4, -0.2) is 49.9 Å². The van der Waals surface area contributed by atoms with Crippen LogP contribution >= 0.6 is 0 Å². The number of nitrogens with zero attached hydrogens (tertiary/aromatic N) is 5. The van der Waals surface area contributed by atoms with E-state index >= 15 is 0 Å². The fourth-order valence-corrected chi connectivity index (χ4v) is 5.98. The molecular weight excluding hydrogens is 452 g/mol. The summed E-state index contributed by atoms with van der Waals surface area (Å²) < 4.78 is 29.1. The molecule has 3 aromatic heterocycles. The Morgan fingerprint density at radius 3 is 2.74 bits per heavy atom. The van der Waals surface area contributed by atoms with Gasteiger partial charge < -0.3 is 10.2 Å². The highest BCUT2D eigenvalue weighted by Gasteiger charge is 2.50. The SMILES string of the molecule is Cc1nc(N2C[C@@H]3CC(F)(F)C[C@@H]3C2)ccc1Cn1cc(C(=O)N[C@@H]2CCc3c2n[nH]c3C)cn1. The highest BCUT2D eigenvalue weighted by atomic mass is 19.3. The molecule has 0 unspecified atom stereocenters. The van der Waals surface area contributed by atoms with E-state index in [0.717, 1.165) is 41.3 Å². The van der Waals surface area contributed by atoms with E-state index in [1.807, 2.05) is 26.0 Å². The van der Waals surface area contributed by atoms with Crippen LogP contribution in [-0.2, 0) is 13.0 Å². The van der Waals surface area contributed by atoms with E-state index in [9.17, 15) is 13.6 Å². The highest BCUT2D eigenvalue weighted by Crippen LogP contribution is 2.47. The minimum absolute atomic E-state index is 0.0102. The van der Waals surface area contributed by atoms with E-state index in [2.05, 4.69) is 25.5 Å². The Morgan fingerprint density at radius 1 is 1.23 bits per heavy atom. The number of alkyl halides is 2. The molecule has 1 amide bonds. The van der Waals surface area contributed by atoms with Crippen LogP contribution in [0.15, 0.2) is 24.5 Å². The number of anilines is 1. The lowest BCUT2D eigenvalue weighted by Crippen LogP contribution is -2.27. The first-order chi connectivity index (χ1) is 16.8. The molecule has 0 aromatic carbocycles. The smallest absolute Gasteiger partial charge is 0.255 e. The van der Waals surface area contributed by atoms with Crippen LogP contribution < -0.4 is 10.2 Å². The number of hydrogen-bond acceptors (Lipinski definition) is 5. The number of aryl methyl sites for hydroxylation is 2. The van der Waals surface area contributed by atoms with Gasteiger partial charge in [0.15, 0.2) is 0 Å². The molecule has 0 spiro atoms. The molecule has 2 N–H and O–H groups in total. The molecule has 1 saturated heterocycles. The summed E-state index contributed by atoms with van der Waals surface area (Å²) in [5, 5.41) is 14.8. The monoisotopic (exact) mass is 481 g/mol. The first-order valence-electron chi connectivity index (χ1n) is 12.2. The minimum atomic E-state index is -2.51. The molecule has 2 fully saturated rings. The average molecular weight is 482 g/mol. The van der Waals surface area contributed by atoms with Gasteiger partial charge in [0.1, 0.15) is 5.82 Å². The molecule has 3 aliphatic rings.